The Kier molecular flexibility index (Phi) is 3.94. The van der Waals surface area contributed by atoms with Crippen LogP contribution < -0.4 is 5.73 Å². The standard InChI is InChI=1S/C13H12FNO2S/c14-10-1-2-12(15)11(7-10)13(16)17-5-3-9-4-6-18-8-9/h1-2,4,6-8H,3,5,15H2. The van der Waals surface area contributed by atoms with Gasteiger partial charge in [-0.15, -0.1) is 0 Å². The molecule has 18 heavy (non-hydrogen) atoms. The molecule has 0 bridgehead atoms. The van der Waals surface area contributed by atoms with Crippen molar-refractivity contribution in [2.75, 3.05) is 12.3 Å². The number of anilines is 1. The van der Waals surface area contributed by atoms with E-state index in [0.717, 1.165) is 11.6 Å². The van der Waals surface area contributed by atoms with Gasteiger partial charge < -0.3 is 10.5 Å². The molecular formula is C13H12FNO2S. The smallest absolute Gasteiger partial charge is 0.340 e. The minimum Gasteiger partial charge on any atom is -0.462 e. The van der Waals surface area contributed by atoms with Gasteiger partial charge in [0.05, 0.1) is 12.2 Å². The highest BCUT2D eigenvalue weighted by Gasteiger charge is 2.12. The summed E-state index contributed by atoms with van der Waals surface area (Å²) in [5.41, 5.74) is 6.99. The largest absolute Gasteiger partial charge is 0.462 e. The average molecular weight is 265 g/mol. The molecule has 1 heterocycles. The maximum atomic E-state index is 13.0. The fourth-order valence-electron chi connectivity index (χ4n) is 1.48. The predicted molar refractivity (Wildman–Crippen MR) is 69.1 cm³/mol. The summed E-state index contributed by atoms with van der Waals surface area (Å²) in [5, 5.41) is 3.95. The van der Waals surface area contributed by atoms with E-state index in [0.29, 0.717) is 6.42 Å². The SMILES string of the molecule is Nc1ccc(F)cc1C(=O)OCCc1ccsc1. The monoisotopic (exact) mass is 265 g/mol. The Morgan fingerprint density at radius 2 is 2.22 bits per heavy atom. The molecule has 5 heteroatoms. The molecule has 0 saturated carbocycles. The first-order valence-corrected chi connectivity index (χ1v) is 6.34. The van der Waals surface area contributed by atoms with Crippen molar-refractivity contribution < 1.29 is 13.9 Å². The van der Waals surface area contributed by atoms with Crippen molar-refractivity contribution in [1.29, 1.82) is 0 Å². The van der Waals surface area contributed by atoms with Crippen LogP contribution in [0.1, 0.15) is 15.9 Å². The van der Waals surface area contributed by atoms with Crippen LogP contribution in [0.5, 0.6) is 0 Å². The van der Waals surface area contributed by atoms with Crippen LogP contribution in [0.3, 0.4) is 0 Å². The van der Waals surface area contributed by atoms with Gasteiger partial charge >= 0.3 is 5.97 Å². The van der Waals surface area contributed by atoms with E-state index in [1.165, 1.54) is 12.1 Å². The van der Waals surface area contributed by atoms with E-state index in [1.807, 2.05) is 16.8 Å². The lowest BCUT2D eigenvalue weighted by molar-refractivity contribution is 0.0510. The zero-order chi connectivity index (χ0) is 13.0. The van der Waals surface area contributed by atoms with Crippen LogP contribution in [-0.2, 0) is 11.2 Å². The normalized spacial score (nSPS) is 10.3. The molecule has 0 saturated heterocycles. The number of rotatable bonds is 4. The van der Waals surface area contributed by atoms with Crippen LogP contribution >= 0.6 is 11.3 Å². The third kappa shape index (κ3) is 3.07. The van der Waals surface area contributed by atoms with E-state index in [4.69, 9.17) is 10.5 Å². The Hall–Kier alpha value is -1.88. The molecule has 3 nitrogen and oxygen atoms in total. The van der Waals surface area contributed by atoms with Gasteiger partial charge in [0.2, 0.25) is 0 Å². The van der Waals surface area contributed by atoms with Gasteiger partial charge in [0.25, 0.3) is 0 Å². The van der Waals surface area contributed by atoms with Gasteiger partial charge in [-0.2, -0.15) is 11.3 Å². The van der Waals surface area contributed by atoms with E-state index in [9.17, 15) is 9.18 Å². The second kappa shape index (κ2) is 5.64. The summed E-state index contributed by atoms with van der Waals surface area (Å²) >= 11 is 1.59. The van der Waals surface area contributed by atoms with Crippen molar-refractivity contribution in [1.82, 2.24) is 0 Å². The predicted octanol–water partition coefficient (Wildman–Crippen LogP) is 2.87. The first-order valence-electron chi connectivity index (χ1n) is 5.40. The van der Waals surface area contributed by atoms with Gasteiger partial charge in [0, 0.05) is 12.1 Å². The lowest BCUT2D eigenvalue weighted by atomic mass is 10.2. The van der Waals surface area contributed by atoms with Gasteiger partial charge in [-0.1, -0.05) is 0 Å². The van der Waals surface area contributed by atoms with Crippen molar-refractivity contribution in [3.63, 3.8) is 0 Å². The fraction of sp³-hybridized carbons (Fsp3) is 0.154. The average Bonchev–Trinajstić information content (AvgIpc) is 2.85. The molecule has 1 aromatic carbocycles. The van der Waals surface area contributed by atoms with E-state index >= 15 is 0 Å². The number of nitrogens with two attached hydrogens (primary N) is 1. The van der Waals surface area contributed by atoms with E-state index < -0.39 is 11.8 Å². The minimum absolute atomic E-state index is 0.0697. The number of halogens is 1. The number of carbonyl (C=O) groups is 1. The van der Waals surface area contributed by atoms with Crippen LogP contribution in [-0.4, -0.2) is 12.6 Å². The number of thiophene rings is 1. The van der Waals surface area contributed by atoms with Gasteiger partial charge in [0.15, 0.2) is 0 Å². The third-order valence-corrected chi connectivity index (χ3v) is 3.17. The Balaban J connectivity index is 1.93. The van der Waals surface area contributed by atoms with Crippen LogP contribution in [0.2, 0.25) is 0 Å². The van der Waals surface area contributed by atoms with Crippen LogP contribution in [0, 0.1) is 5.82 Å². The molecule has 2 rings (SSSR count). The zero-order valence-corrected chi connectivity index (χ0v) is 10.4. The number of benzene rings is 1. The Morgan fingerprint density at radius 3 is 2.94 bits per heavy atom. The Morgan fingerprint density at radius 1 is 1.39 bits per heavy atom. The number of hydrogen-bond acceptors (Lipinski definition) is 4. The van der Waals surface area contributed by atoms with Crippen LogP contribution in [0.15, 0.2) is 35.0 Å². The summed E-state index contributed by atoms with van der Waals surface area (Å²) < 4.78 is 18.0. The topological polar surface area (TPSA) is 52.3 Å². The second-order valence-electron chi connectivity index (χ2n) is 3.75. The van der Waals surface area contributed by atoms with Crippen LogP contribution in [0.4, 0.5) is 10.1 Å². The number of ether oxygens (including phenoxy) is 1. The maximum Gasteiger partial charge on any atom is 0.340 e. The summed E-state index contributed by atoms with van der Waals surface area (Å²) in [6.07, 6.45) is 0.643. The molecule has 0 aliphatic carbocycles. The molecule has 94 valence electrons. The minimum atomic E-state index is -0.595. The zero-order valence-electron chi connectivity index (χ0n) is 9.56. The second-order valence-corrected chi connectivity index (χ2v) is 4.53. The Bertz CT molecular complexity index is 540. The first kappa shape index (κ1) is 12.6. The highest BCUT2D eigenvalue weighted by atomic mass is 32.1. The third-order valence-electron chi connectivity index (χ3n) is 2.44. The molecule has 0 spiro atoms. The van der Waals surface area contributed by atoms with E-state index in [-0.39, 0.29) is 17.9 Å². The maximum absolute atomic E-state index is 13.0. The van der Waals surface area contributed by atoms with Crippen molar-refractivity contribution in [2.45, 2.75) is 6.42 Å². The highest BCUT2D eigenvalue weighted by Crippen LogP contribution is 2.15. The lowest BCUT2D eigenvalue weighted by Gasteiger charge is -2.06. The molecule has 2 N–H and O–H groups in total. The number of nitrogen functional groups attached to an aromatic ring is 1. The van der Waals surface area contributed by atoms with Crippen molar-refractivity contribution in [3.05, 3.63) is 52.0 Å². The van der Waals surface area contributed by atoms with E-state index in [2.05, 4.69) is 0 Å². The van der Waals surface area contributed by atoms with Crippen molar-refractivity contribution >= 4 is 23.0 Å². The summed E-state index contributed by atoms with van der Waals surface area (Å²) in [4.78, 5) is 11.7. The molecular weight excluding hydrogens is 253 g/mol. The number of carbonyl (C=O) groups excluding carboxylic acids is 1. The first-order chi connectivity index (χ1) is 8.66. The van der Waals surface area contributed by atoms with Crippen molar-refractivity contribution in [3.8, 4) is 0 Å². The Labute approximate surface area is 108 Å². The number of esters is 1. The summed E-state index contributed by atoms with van der Waals surface area (Å²) in [7, 11) is 0. The molecule has 0 unspecified atom stereocenters. The van der Waals surface area contributed by atoms with Gasteiger partial charge in [-0.3, -0.25) is 0 Å². The molecule has 1 aromatic heterocycles. The summed E-state index contributed by atoms with van der Waals surface area (Å²) in [5.74, 6) is -1.10. The molecule has 0 amide bonds. The quantitative estimate of drug-likeness (QED) is 0.683. The van der Waals surface area contributed by atoms with E-state index in [1.54, 1.807) is 11.3 Å². The molecule has 0 fully saturated rings. The lowest BCUT2D eigenvalue weighted by Crippen LogP contribution is -2.10. The molecule has 0 atom stereocenters. The fourth-order valence-corrected chi connectivity index (χ4v) is 2.18. The summed E-state index contributed by atoms with van der Waals surface area (Å²) in [6, 6.07) is 5.61. The number of hydrogen-bond donors (Lipinski definition) is 1. The highest BCUT2D eigenvalue weighted by molar-refractivity contribution is 7.07. The molecule has 0 aliphatic rings. The van der Waals surface area contributed by atoms with Crippen molar-refractivity contribution in [2.24, 2.45) is 0 Å². The molecule has 0 radical (unpaired) electrons. The van der Waals surface area contributed by atoms with Gasteiger partial charge in [-0.05, 0) is 40.6 Å². The van der Waals surface area contributed by atoms with Gasteiger partial charge in [-0.25, -0.2) is 9.18 Å². The summed E-state index contributed by atoms with van der Waals surface area (Å²) in [6.45, 7) is 0.255. The molecule has 2 aromatic rings. The van der Waals surface area contributed by atoms with Crippen LogP contribution in [0.25, 0.3) is 0 Å². The molecule has 0 aliphatic heterocycles. The van der Waals surface area contributed by atoms with Gasteiger partial charge in [0.1, 0.15) is 5.82 Å².